The van der Waals surface area contributed by atoms with Gasteiger partial charge in [0.25, 0.3) is 0 Å². The van der Waals surface area contributed by atoms with Crippen molar-refractivity contribution < 1.29 is 9.90 Å². The molecule has 0 saturated heterocycles. The second-order valence-corrected chi connectivity index (χ2v) is 8.16. The molecule has 2 aromatic heterocycles. The van der Waals surface area contributed by atoms with Gasteiger partial charge >= 0.3 is 5.97 Å². The van der Waals surface area contributed by atoms with Crippen LogP contribution in [0, 0.1) is 10.5 Å². The number of hydrogen-bond acceptors (Lipinski definition) is 4. The monoisotopic (exact) mass is 530 g/mol. The number of benzene rings is 1. The van der Waals surface area contributed by atoms with Crippen molar-refractivity contribution >= 4 is 57.4 Å². The summed E-state index contributed by atoms with van der Waals surface area (Å²) in [6, 6.07) is 6.97. The van der Waals surface area contributed by atoms with Gasteiger partial charge in [0, 0.05) is 29.7 Å². The van der Waals surface area contributed by atoms with Gasteiger partial charge in [0.15, 0.2) is 5.69 Å². The molecule has 6 nitrogen and oxygen atoms in total. The Bertz CT molecular complexity index is 1040. The van der Waals surface area contributed by atoms with E-state index in [-0.39, 0.29) is 11.7 Å². The van der Waals surface area contributed by atoms with E-state index in [0.29, 0.717) is 22.2 Å². The molecule has 0 amide bonds. The highest BCUT2D eigenvalue weighted by Crippen LogP contribution is 2.33. The Morgan fingerprint density at radius 1 is 1.36 bits per heavy atom. The fraction of sp³-hybridized carbons (Fsp3) is 0.211. The van der Waals surface area contributed by atoms with Crippen LogP contribution in [-0.4, -0.2) is 32.4 Å². The summed E-state index contributed by atoms with van der Waals surface area (Å²) in [4.78, 5) is 16.1. The number of aromatic carboxylic acids is 1. The van der Waals surface area contributed by atoms with E-state index in [4.69, 9.17) is 23.2 Å². The summed E-state index contributed by atoms with van der Waals surface area (Å²) in [6.07, 6.45) is 3.24. The largest absolute Gasteiger partial charge is 0.477 e. The van der Waals surface area contributed by atoms with Gasteiger partial charge in [-0.25, -0.2) is 4.79 Å². The maximum absolute atomic E-state index is 11.9. The first-order valence-corrected chi connectivity index (χ1v) is 10.2. The van der Waals surface area contributed by atoms with Gasteiger partial charge in [-0.1, -0.05) is 23.2 Å². The van der Waals surface area contributed by atoms with Crippen LogP contribution in [-0.2, 0) is 0 Å². The van der Waals surface area contributed by atoms with E-state index in [1.807, 2.05) is 26.0 Å². The molecule has 1 aromatic carbocycles. The maximum atomic E-state index is 11.9. The smallest absolute Gasteiger partial charge is 0.354 e. The highest BCUT2D eigenvalue weighted by Gasteiger charge is 2.22. The van der Waals surface area contributed by atoms with Gasteiger partial charge < -0.3 is 10.4 Å². The highest BCUT2D eigenvalue weighted by molar-refractivity contribution is 14.1. The molecule has 0 aliphatic carbocycles. The summed E-state index contributed by atoms with van der Waals surface area (Å²) in [5.41, 5.74) is 3.12. The standard InChI is InChI=1S/C19H17Cl2IN4O2/c1-10-7-12(5-6-23-10)13-9-25-26(18(13)19(27)28)11(2)8-24-15-4-3-14(20)16(21)17(15)22/h3-7,9,11,24H,8H2,1-2H3,(H,27,28). The third-order valence-electron chi connectivity index (χ3n) is 4.25. The Kier molecular flexibility index (Phi) is 6.47. The van der Waals surface area contributed by atoms with Gasteiger partial charge in [-0.2, -0.15) is 5.10 Å². The fourth-order valence-corrected chi connectivity index (χ4v) is 3.98. The van der Waals surface area contributed by atoms with Crippen molar-refractivity contribution in [1.82, 2.24) is 14.8 Å². The number of pyridine rings is 1. The number of carboxylic acid groups (broad SMARTS) is 1. The third-order valence-corrected chi connectivity index (χ3v) is 6.49. The van der Waals surface area contributed by atoms with E-state index in [9.17, 15) is 9.90 Å². The molecule has 9 heteroatoms. The minimum atomic E-state index is -1.03. The molecular formula is C19H17Cl2IN4O2. The number of aryl methyl sites for hydroxylation is 1. The Balaban J connectivity index is 1.87. The van der Waals surface area contributed by atoms with E-state index < -0.39 is 5.97 Å². The number of aromatic nitrogens is 3. The summed E-state index contributed by atoms with van der Waals surface area (Å²) in [7, 11) is 0. The van der Waals surface area contributed by atoms with E-state index >= 15 is 0 Å². The topological polar surface area (TPSA) is 80.0 Å². The predicted octanol–water partition coefficient (Wildman–Crippen LogP) is 5.54. The number of nitrogens with one attached hydrogen (secondary N) is 1. The number of carbonyl (C=O) groups is 1. The predicted molar refractivity (Wildman–Crippen MR) is 120 cm³/mol. The van der Waals surface area contributed by atoms with Crippen LogP contribution in [0.4, 0.5) is 5.69 Å². The Morgan fingerprint density at radius 2 is 2.11 bits per heavy atom. The van der Waals surface area contributed by atoms with Crippen LogP contribution in [0.25, 0.3) is 11.1 Å². The van der Waals surface area contributed by atoms with E-state index in [1.54, 1.807) is 24.5 Å². The first kappa shape index (κ1) is 20.9. The quantitative estimate of drug-likeness (QED) is 0.323. The fourth-order valence-electron chi connectivity index (χ4n) is 2.84. The molecule has 0 fully saturated rings. The van der Waals surface area contributed by atoms with Crippen molar-refractivity contribution in [2.45, 2.75) is 19.9 Å². The second kappa shape index (κ2) is 8.67. The normalized spacial score (nSPS) is 12.0. The van der Waals surface area contributed by atoms with Crippen LogP contribution in [0.3, 0.4) is 0 Å². The highest BCUT2D eigenvalue weighted by atomic mass is 127. The SMILES string of the molecule is Cc1cc(-c2cnn(C(C)CNc3ccc(Cl)c(Cl)c3I)c2C(=O)O)ccn1. The Morgan fingerprint density at radius 3 is 2.79 bits per heavy atom. The minimum absolute atomic E-state index is 0.142. The van der Waals surface area contributed by atoms with E-state index in [0.717, 1.165) is 20.5 Å². The van der Waals surface area contributed by atoms with Crippen molar-refractivity contribution in [2.75, 3.05) is 11.9 Å². The van der Waals surface area contributed by atoms with Crippen LogP contribution in [0.2, 0.25) is 10.0 Å². The Hall–Kier alpha value is -1.84. The molecule has 3 aromatic rings. The lowest BCUT2D eigenvalue weighted by molar-refractivity contribution is 0.0682. The number of rotatable bonds is 6. The second-order valence-electron chi connectivity index (χ2n) is 6.30. The molecule has 0 aliphatic rings. The Labute approximate surface area is 186 Å². The zero-order valence-electron chi connectivity index (χ0n) is 15.1. The van der Waals surface area contributed by atoms with Crippen LogP contribution >= 0.6 is 45.8 Å². The zero-order valence-corrected chi connectivity index (χ0v) is 18.7. The molecule has 2 N–H and O–H groups in total. The average molecular weight is 531 g/mol. The number of halogens is 3. The lowest BCUT2D eigenvalue weighted by atomic mass is 10.1. The minimum Gasteiger partial charge on any atom is -0.477 e. The molecule has 0 spiro atoms. The lowest BCUT2D eigenvalue weighted by Crippen LogP contribution is -2.21. The first-order chi connectivity index (χ1) is 13.3. The lowest BCUT2D eigenvalue weighted by Gasteiger charge is -2.17. The molecule has 146 valence electrons. The van der Waals surface area contributed by atoms with E-state index in [1.165, 1.54) is 4.68 Å². The van der Waals surface area contributed by atoms with Crippen molar-refractivity contribution in [3.63, 3.8) is 0 Å². The molecule has 0 radical (unpaired) electrons. The van der Waals surface area contributed by atoms with Crippen molar-refractivity contribution in [3.05, 3.63) is 61.7 Å². The van der Waals surface area contributed by atoms with Gasteiger partial charge in [0.2, 0.25) is 0 Å². The van der Waals surface area contributed by atoms with E-state index in [2.05, 4.69) is 38.0 Å². The molecule has 2 heterocycles. The van der Waals surface area contributed by atoms with Gasteiger partial charge in [-0.3, -0.25) is 9.67 Å². The van der Waals surface area contributed by atoms with Gasteiger partial charge in [-0.15, -0.1) is 0 Å². The van der Waals surface area contributed by atoms with Gasteiger partial charge in [0.1, 0.15) is 0 Å². The van der Waals surface area contributed by atoms with Gasteiger partial charge in [0.05, 0.1) is 25.9 Å². The van der Waals surface area contributed by atoms with Crippen molar-refractivity contribution in [3.8, 4) is 11.1 Å². The molecule has 0 bridgehead atoms. The molecular weight excluding hydrogens is 514 g/mol. The molecule has 1 unspecified atom stereocenters. The maximum Gasteiger partial charge on any atom is 0.354 e. The van der Waals surface area contributed by atoms with Crippen molar-refractivity contribution in [2.24, 2.45) is 0 Å². The summed E-state index contributed by atoms with van der Waals surface area (Å²) < 4.78 is 2.33. The summed E-state index contributed by atoms with van der Waals surface area (Å²) >= 11 is 14.3. The molecule has 1 atom stereocenters. The van der Waals surface area contributed by atoms with Crippen LogP contribution in [0.1, 0.15) is 29.1 Å². The average Bonchev–Trinajstić information content (AvgIpc) is 3.11. The van der Waals surface area contributed by atoms with Crippen LogP contribution in [0.5, 0.6) is 0 Å². The summed E-state index contributed by atoms with van der Waals surface area (Å²) in [5.74, 6) is -1.03. The summed E-state index contributed by atoms with van der Waals surface area (Å²) in [5, 5.41) is 18.4. The van der Waals surface area contributed by atoms with Crippen LogP contribution in [0.15, 0.2) is 36.7 Å². The molecule has 28 heavy (non-hydrogen) atoms. The zero-order chi connectivity index (χ0) is 20.4. The third kappa shape index (κ3) is 4.26. The summed E-state index contributed by atoms with van der Waals surface area (Å²) in [6.45, 7) is 4.23. The number of carboxylic acids is 1. The van der Waals surface area contributed by atoms with Crippen LogP contribution < -0.4 is 5.32 Å². The van der Waals surface area contributed by atoms with Gasteiger partial charge in [-0.05, 0) is 66.3 Å². The number of hydrogen-bond donors (Lipinski definition) is 2. The number of nitrogens with zero attached hydrogens (tertiary/aromatic N) is 3. The molecule has 0 aliphatic heterocycles. The number of anilines is 1. The van der Waals surface area contributed by atoms with Crippen molar-refractivity contribution in [1.29, 1.82) is 0 Å². The molecule has 3 rings (SSSR count). The first-order valence-electron chi connectivity index (χ1n) is 8.40. The molecule has 0 saturated carbocycles.